The number of hydrogen-bond donors (Lipinski definition) is 1. The summed E-state index contributed by atoms with van der Waals surface area (Å²) in [5.74, 6) is 0.706. The van der Waals surface area contributed by atoms with Crippen molar-refractivity contribution in [2.24, 2.45) is 4.99 Å². The predicted molar refractivity (Wildman–Crippen MR) is 144 cm³/mol. The quantitative estimate of drug-likeness (QED) is 0.328. The number of rotatable bonds is 11. The van der Waals surface area contributed by atoms with Gasteiger partial charge in [0.15, 0.2) is 0 Å². The van der Waals surface area contributed by atoms with E-state index >= 15 is 0 Å². The van der Waals surface area contributed by atoms with Crippen LogP contribution in [-0.4, -0.2) is 51.7 Å². The zero-order valence-electron chi connectivity index (χ0n) is 21.3. The van der Waals surface area contributed by atoms with Crippen molar-refractivity contribution in [1.82, 2.24) is 9.71 Å². The van der Waals surface area contributed by atoms with Crippen LogP contribution >= 0.6 is 11.3 Å². The lowest BCUT2D eigenvalue weighted by Gasteiger charge is -2.15. The van der Waals surface area contributed by atoms with Crippen molar-refractivity contribution in [1.29, 1.82) is 0 Å². The molecule has 0 radical (unpaired) electrons. The second kappa shape index (κ2) is 12.1. The molecule has 1 aliphatic carbocycles. The van der Waals surface area contributed by atoms with Gasteiger partial charge in [-0.05, 0) is 75.0 Å². The van der Waals surface area contributed by atoms with Gasteiger partial charge in [-0.3, -0.25) is 4.99 Å². The number of hydrogen-bond acceptors (Lipinski definition) is 7. The van der Waals surface area contributed by atoms with Crippen molar-refractivity contribution in [3.63, 3.8) is 0 Å². The van der Waals surface area contributed by atoms with Crippen LogP contribution in [0.25, 0.3) is 16.0 Å². The number of nitrogens with zero attached hydrogens (tertiary/aromatic N) is 2. The number of sulfonamides is 1. The van der Waals surface area contributed by atoms with Gasteiger partial charge in [-0.25, -0.2) is 18.1 Å². The number of nitrogens with one attached hydrogen (secondary N) is 1. The Kier molecular flexibility index (Phi) is 9.40. The van der Waals surface area contributed by atoms with E-state index in [1.165, 1.54) is 12.7 Å². The Balaban J connectivity index is 1.85. The van der Waals surface area contributed by atoms with E-state index in [9.17, 15) is 8.42 Å². The highest BCUT2D eigenvalue weighted by Crippen LogP contribution is 2.40. The molecule has 1 N–H and O–H groups in total. The van der Waals surface area contributed by atoms with Gasteiger partial charge in [0.2, 0.25) is 10.0 Å². The molecule has 1 heterocycles. The number of ether oxygens (including phenoxy) is 2. The third-order valence-corrected chi connectivity index (χ3v) is 8.24. The monoisotopic (exact) mass is 517 g/mol. The lowest BCUT2D eigenvalue weighted by Crippen LogP contribution is -2.31. The van der Waals surface area contributed by atoms with Crippen molar-refractivity contribution in [2.45, 2.75) is 52.7 Å². The van der Waals surface area contributed by atoms with Crippen LogP contribution in [0.15, 0.2) is 47.3 Å². The van der Waals surface area contributed by atoms with E-state index in [0.717, 1.165) is 50.9 Å². The molecule has 0 aliphatic heterocycles. The number of aromatic nitrogens is 1. The molecule has 1 aromatic carbocycles. The fraction of sp³-hybridized carbons (Fsp3) is 0.462. The van der Waals surface area contributed by atoms with Gasteiger partial charge in [-0.1, -0.05) is 18.2 Å². The summed E-state index contributed by atoms with van der Waals surface area (Å²) in [4.78, 5) is 10.1. The molecule has 7 nitrogen and oxygen atoms in total. The molecule has 1 aromatic heterocycles. The van der Waals surface area contributed by atoms with Crippen LogP contribution in [0.5, 0.6) is 0 Å². The molecule has 0 saturated heterocycles. The lowest BCUT2D eigenvalue weighted by atomic mass is 10.0. The van der Waals surface area contributed by atoms with Gasteiger partial charge in [0.25, 0.3) is 0 Å². The van der Waals surface area contributed by atoms with Crippen molar-refractivity contribution in [2.75, 3.05) is 26.5 Å². The van der Waals surface area contributed by atoms with Gasteiger partial charge < -0.3 is 9.47 Å². The summed E-state index contributed by atoms with van der Waals surface area (Å²) in [5.41, 5.74) is 5.11. The smallest absolute Gasteiger partial charge is 0.214 e. The van der Waals surface area contributed by atoms with Gasteiger partial charge in [0, 0.05) is 26.4 Å². The molecule has 1 unspecified atom stereocenters. The average molecular weight is 518 g/mol. The second-order valence-corrected chi connectivity index (χ2v) is 11.6. The zero-order chi connectivity index (χ0) is 25.6. The summed E-state index contributed by atoms with van der Waals surface area (Å²) in [7, 11) is -0.146. The van der Waals surface area contributed by atoms with Crippen molar-refractivity contribution in [3.05, 3.63) is 58.4 Å². The highest BCUT2D eigenvalue weighted by Gasteiger charge is 2.28. The largest absolute Gasteiger partial charge is 0.489 e. The third-order valence-electron chi connectivity index (χ3n) is 5.73. The molecule has 0 amide bonds. The Morgan fingerprint density at radius 1 is 1.37 bits per heavy atom. The van der Waals surface area contributed by atoms with Crippen LogP contribution in [0.3, 0.4) is 0 Å². The Labute approximate surface area is 213 Å². The van der Waals surface area contributed by atoms with Crippen LogP contribution < -0.4 is 4.72 Å². The standard InChI is InChI=1S/C26H35N3O4S2/c1-7-24(33-17(2)3)23(27-5)15-18(4)26-28-16-25(34-26)21-10-8-9-20-19(21)11-12-22(20)29-35(30,31)14-13-32-6/h7-10,15-17,22,29H,11-14H2,1-6H3/b18-15+,24-7+,27-23?. The number of aliphatic imine (C=N–C) groups is 1. The fourth-order valence-electron chi connectivity index (χ4n) is 4.10. The lowest BCUT2D eigenvalue weighted by molar-refractivity contribution is 0.163. The SMILES string of the molecule is C/C=C(/OC(C)C)C(/C=C(\C)c1ncc(-c2cccc3c2CCC3NS(=O)(=O)CCOC)s1)=NC. The maximum atomic E-state index is 12.4. The van der Waals surface area contributed by atoms with E-state index in [-0.39, 0.29) is 24.5 Å². The molecule has 1 atom stereocenters. The first-order valence-electron chi connectivity index (χ1n) is 11.7. The molecule has 0 saturated carbocycles. The maximum Gasteiger partial charge on any atom is 0.214 e. The first-order valence-corrected chi connectivity index (χ1v) is 14.2. The van der Waals surface area contributed by atoms with Crippen molar-refractivity contribution < 1.29 is 17.9 Å². The molecule has 2 aromatic rings. The summed E-state index contributed by atoms with van der Waals surface area (Å²) in [6.45, 7) is 8.13. The number of thiazole rings is 1. The average Bonchev–Trinajstić information content (AvgIpc) is 3.47. The summed E-state index contributed by atoms with van der Waals surface area (Å²) in [6, 6.07) is 5.87. The minimum absolute atomic E-state index is 0.0426. The van der Waals surface area contributed by atoms with E-state index in [1.807, 2.05) is 58.2 Å². The molecule has 0 fully saturated rings. The van der Waals surface area contributed by atoms with Gasteiger partial charge in [0.1, 0.15) is 10.8 Å². The van der Waals surface area contributed by atoms with E-state index in [1.54, 1.807) is 18.4 Å². The summed E-state index contributed by atoms with van der Waals surface area (Å²) >= 11 is 1.62. The molecule has 35 heavy (non-hydrogen) atoms. The van der Waals surface area contributed by atoms with Crippen molar-refractivity contribution in [3.8, 4) is 10.4 Å². The fourth-order valence-corrected chi connectivity index (χ4v) is 6.22. The van der Waals surface area contributed by atoms with E-state index in [2.05, 4.69) is 20.8 Å². The number of allylic oxidation sites excluding steroid dienone is 3. The molecule has 3 rings (SSSR count). The maximum absolute atomic E-state index is 12.4. The molecule has 9 heteroatoms. The van der Waals surface area contributed by atoms with Gasteiger partial charge in [-0.2, -0.15) is 0 Å². The van der Waals surface area contributed by atoms with Crippen LogP contribution in [0, 0.1) is 0 Å². The number of benzene rings is 1. The van der Waals surface area contributed by atoms with E-state index < -0.39 is 10.0 Å². The molecule has 0 bridgehead atoms. The molecule has 1 aliphatic rings. The summed E-state index contributed by atoms with van der Waals surface area (Å²) < 4.78 is 38.5. The van der Waals surface area contributed by atoms with Crippen LogP contribution in [-0.2, 0) is 25.9 Å². The number of methoxy groups -OCH3 is 1. The van der Waals surface area contributed by atoms with Crippen LogP contribution in [0.4, 0.5) is 0 Å². The first-order chi connectivity index (χ1) is 16.7. The highest BCUT2D eigenvalue weighted by molar-refractivity contribution is 7.89. The predicted octanol–water partition coefficient (Wildman–Crippen LogP) is 5.17. The summed E-state index contributed by atoms with van der Waals surface area (Å²) in [6.07, 6.45) is 7.43. The zero-order valence-corrected chi connectivity index (χ0v) is 22.9. The Morgan fingerprint density at radius 3 is 2.80 bits per heavy atom. The molecular weight excluding hydrogens is 482 g/mol. The van der Waals surface area contributed by atoms with Gasteiger partial charge >= 0.3 is 0 Å². The normalized spacial score (nSPS) is 17.2. The van der Waals surface area contributed by atoms with E-state index in [4.69, 9.17) is 9.47 Å². The number of fused-ring (bicyclic) bond motifs is 1. The van der Waals surface area contributed by atoms with Gasteiger partial charge in [0.05, 0.1) is 29.1 Å². The third kappa shape index (κ3) is 6.88. The van der Waals surface area contributed by atoms with Crippen molar-refractivity contribution >= 4 is 32.6 Å². The highest BCUT2D eigenvalue weighted by atomic mass is 32.2. The second-order valence-electron chi connectivity index (χ2n) is 8.68. The molecule has 190 valence electrons. The Morgan fingerprint density at radius 2 is 2.14 bits per heavy atom. The first kappa shape index (κ1) is 27.3. The molecule has 0 spiro atoms. The van der Waals surface area contributed by atoms with Crippen LogP contribution in [0.1, 0.15) is 56.3 Å². The minimum Gasteiger partial charge on any atom is -0.489 e. The molecular formula is C26H35N3O4S2. The van der Waals surface area contributed by atoms with Gasteiger partial charge in [-0.15, -0.1) is 11.3 Å². The topological polar surface area (TPSA) is 89.9 Å². The minimum atomic E-state index is -3.40. The van der Waals surface area contributed by atoms with Crippen LogP contribution in [0.2, 0.25) is 0 Å². The Bertz CT molecular complexity index is 1230. The Hall–Kier alpha value is -2.33. The van der Waals surface area contributed by atoms with E-state index in [0.29, 0.717) is 0 Å². The summed E-state index contributed by atoms with van der Waals surface area (Å²) in [5, 5.41) is 0.911.